The third kappa shape index (κ3) is 4.88. The van der Waals surface area contributed by atoms with E-state index in [4.69, 9.17) is 19.6 Å². The predicted octanol–water partition coefficient (Wildman–Crippen LogP) is 3.66. The number of fused-ring (bicyclic) bond motifs is 1. The summed E-state index contributed by atoms with van der Waals surface area (Å²) in [5.74, 6) is 0.264. The van der Waals surface area contributed by atoms with Crippen LogP contribution in [0.15, 0.2) is 36.7 Å². The average molecular weight is 472 g/mol. The van der Waals surface area contributed by atoms with Crippen LogP contribution in [0.3, 0.4) is 0 Å². The van der Waals surface area contributed by atoms with Crippen molar-refractivity contribution in [1.29, 1.82) is 0 Å². The molecule has 3 aromatic rings. The number of hydrogen-bond donors (Lipinski definition) is 2. The highest BCUT2D eigenvalue weighted by atomic mass is 28.4. The number of aromatic nitrogens is 4. The zero-order valence-electron chi connectivity index (χ0n) is 19.9. The highest BCUT2D eigenvalue weighted by Crippen LogP contribution is 2.39. The number of nitrogens with zero attached hydrogens (tertiary/aromatic N) is 4. The molecule has 10 heteroatoms. The second-order valence-electron chi connectivity index (χ2n) is 9.97. The van der Waals surface area contributed by atoms with Gasteiger partial charge in [-0.25, -0.2) is 9.97 Å². The van der Waals surface area contributed by atoms with Crippen molar-refractivity contribution in [1.82, 2.24) is 19.5 Å². The molecule has 9 nitrogen and oxygen atoms in total. The fourth-order valence-electron chi connectivity index (χ4n) is 3.52. The molecule has 2 aromatic heterocycles. The van der Waals surface area contributed by atoms with E-state index >= 15 is 0 Å². The first-order valence-corrected chi connectivity index (χ1v) is 14.1. The first-order valence-electron chi connectivity index (χ1n) is 11.2. The Kier molecular flexibility index (Phi) is 6.45. The maximum absolute atomic E-state index is 10.8. The molecule has 3 atom stereocenters. The molecular formula is C23H33N5O4Si. The Morgan fingerprint density at radius 2 is 1.94 bits per heavy atom. The van der Waals surface area contributed by atoms with Crippen molar-refractivity contribution in [2.24, 2.45) is 0 Å². The minimum Gasteiger partial charge on any atom is -0.460 e. The lowest BCUT2D eigenvalue weighted by Crippen LogP contribution is -2.43. The molecule has 0 amide bonds. The summed E-state index contributed by atoms with van der Waals surface area (Å²) in [6.45, 7) is 11.6. The minimum atomic E-state index is -1.97. The number of anilines is 1. The van der Waals surface area contributed by atoms with Crippen LogP contribution in [0.4, 0.5) is 5.82 Å². The quantitative estimate of drug-likeness (QED) is 0.501. The number of imidazole rings is 1. The van der Waals surface area contributed by atoms with E-state index < -0.39 is 26.8 Å². The summed E-state index contributed by atoms with van der Waals surface area (Å²) >= 11 is 0. The van der Waals surface area contributed by atoms with Crippen LogP contribution in [-0.2, 0) is 15.8 Å². The number of nitrogen functional groups attached to an aromatic ring is 1. The molecule has 0 unspecified atom stereocenters. The third-order valence-corrected chi connectivity index (χ3v) is 11.1. The van der Waals surface area contributed by atoms with E-state index in [1.807, 2.05) is 30.3 Å². The molecule has 1 saturated heterocycles. The first-order chi connectivity index (χ1) is 15.6. The largest absolute Gasteiger partial charge is 0.460 e. The smallest absolute Gasteiger partial charge is 0.301 e. The highest BCUT2D eigenvalue weighted by Gasteiger charge is 2.42. The highest BCUT2D eigenvalue weighted by molar-refractivity contribution is 6.74. The number of rotatable bonds is 7. The number of aliphatic hydroxyl groups excluding tert-OH is 1. The van der Waals surface area contributed by atoms with Gasteiger partial charge in [-0.15, -0.1) is 0 Å². The topological polar surface area (TPSA) is 118 Å². The Bertz CT molecular complexity index is 1100. The summed E-state index contributed by atoms with van der Waals surface area (Å²) in [5, 5.41) is 10.8. The summed E-state index contributed by atoms with van der Waals surface area (Å²) in [4.78, 5) is 13.0. The molecule has 0 radical (unpaired) electrons. The van der Waals surface area contributed by atoms with Gasteiger partial charge in [0.15, 0.2) is 25.3 Å². The maximum atomic E-state index is 10.8. The van der Waals surface area contributed by atoms with Gasteiger partial charge in [0, 0.05) is 6.42 Å². The van der Waals surface area contributed by atoms with E-state index in [1.54, 1.807) is 4.57 Å². The molecule has 33 heavy (non-hydrogen) atoms. The van der Waals surface area contributed by atoms with Crippen LogP contribution in [-0.4, -0.2) is 51.8 Å². The molecule has 0 aliphatic carbocycles. The predicted molar refractivity (Wildman–Crippen MR) is 128 cm³/mol. The van der Waals surface area contributed by atoms with Gasteiger partial charge in [-0.3, -0.25) is 4.57 Å². The van der Waals surface area contributed by atoms with E-state index in [-0.39, 0.29) is 10.9 Å². The molecule has 0 spiro atoms. The fourth-order valence-corrected chi connectivity index (χ4v) is 4.53. The first kappa shape index (κ1) is 23.6. The summed E-state index contributed by atoms with van der Waals surface area (Å²) in [5.41, 5.74) is 8.00. The molecule has 1 fully saturated rings. The van der Waals surface area contributed by atoms with Gasteiger partial charge in [-0.1, -0.05) is 51.1 Å². The van der Waals surface area contributed by atoms with Gasteiger partial charge in [0.05, 0.1) is 12.7 Å². The second kappa shape index (κ2) is 9.01. The molecule has 3 heterocycles. The summed E-state index contributed by atoms with van der Waals surface area (Å²) in [7, 11) is -1.97. The van der Waals surface area contributed by atoms with Gasteiger partial charge in [0.25, 0.3) is 0 Å². The van der Waals surface area contributed by atoms with Gasteiger partial charge < -0.3 is 24.7 Å². The molecular weight excluding hydrogens is 438 g/mol. The number of benzene rings is 1. The Hall–Kier alpha value is -2.53. The van der Waals surface area contributed by atoms with Crippen molar-refractivity contribution in [3.8, 4) is 6.01 Å². The SMILES string of the molecule is CC(C)(C)[Si](C)(C)OC[C@H]1O[C@@H](n2c(OCc3ccccc3)nc3c(N)ncnc32)C[C@@H]1O. The number of ether oxygens (including phenoxy) is 2. The number of nitrogens with two attached hydrogens (primary N) is 1. The normalized spacial score (nSPS) is 21.6. The Labute approximate surface area is 195 Å². The van der Waals surface area contributed by atoms with Crippen molar-refractivity contribution < 1.29 is 19.0 Å². The van der Waals surface area contributed by atoms with Crippen LogP contribution >= 0.6 is 0 Å². The van der Waals surface area contributed by atoms with Gasteiger partial charge in [0.2, 0.25) is 0 Å². The Morgan fingerprint density at radius 3 is 2.64 bits per heavy atom. The zero-order chi connectivity index (χ0) is 23.8. The molecule has 4 rings (SSSR count). The maximum Gasteiger partial charge on any atom is 0.301 e. The van der Waals surface area contributed by atoms with E-state index in [0.29, 0.717) is 36.8 Å². The molecule has 178 valence electrons. The Balaban J connectivity index is 1.57. The van der Waals surface area contributed by atoms with Crippen LogP contribution in [0, 0.1) is 0 Å². The van der Waals surface area contributed by atoms with Gasteiger partial charge in [-0.05, 0) is 23.7 Å². The van der Waals surface area contributed by atoms with Crippen LogP contribution in [0.5, 0.6) is 6.01 Å². The van der Waals surface area contributed by atoms with Crippen LogP contribution in [0.25, 0.3) is 11.2 Å². The second-order valence-corrected chi connectivity index (χ2v) is 14.8. The Morgan fingerprint density at radius 1 is 1.21 bits per heavy atom. The fraction of sp³-hybridized carbons (Fsp3) is 0.522. The standard InChI is InChI=1S/C23H33N5O4Si/c1-23(2,3)33(4,5)31-13-17-16(29)11-18(32-17)28-21-19(20(24)25-14-26-21)27-22(28)30-12-15-9-7-6-8-10-15/h6-10,14,16-18,29H,11-13H2,1-5H3,(H2,24,25,26)/t16-,17+,18+/m0/s1. The molecule has 1 aliphatic heterocycles. The van der Waals surface area contributed by atoms with Gasteiger partial charge >= 0.3 is 6.01 Å². The minimum absolute atomic E-state index is 0.0728. The van der Waals surface area contributed by atoms with Crippen molar-refractivity contribution in [2.45, 2.75) is 70.4 Å². The van der Waals surface area contributed by atoms with E-state index in [1.165, 1.54) is 6.33 Å². The lowest BCUT2D eigenvalue weighted by atomic mass is 10.2. The molecule has 3 N–H and O–H groups in total. The van der Waals surface area contributed by atoms with E-state index in [0.717, 1.165) is 5.56 Å². The third-order valence-electron chi connectivity index (χ3n) is 6.59. The van der Waals surface area contributed by atoms with Crippen LogP contribution in [0.2, 0.25) is 18.1 Å². The van der Waals surface area contributed by atoms with Crippen LogP contribution < -0.4 is 10.5 Å². The number of hydrogen-bond acceptors (Lipinski definition) is 8. The molecule has 0 bridgehead atoms. The molecule has 1 aromatic carbocycles. The summed E-state index contributed by atoms with van der Waals surface area (Å²) < 4.78 is 20.4. The summed E-state index contributed by atoms with van der Waals surface area (Å²) in [6.07, 6.45) is 0.0993. The van der Waals surface area contributed by atoms with E-state index in [9.17, 15) is 5.11 Å². The monoisotopic (exact) mass is 471 g/mol. The van der Waals surface area contributed by atoms with Gasteiger partial charge in [0.1, 0.15) is 25.3 Å². The van der Waals surface area contributed by atoms with Crippen molar-refractivity contribution in [2.75, 3.05) is 12.3 Å². The molecule has 1 aliphatic rings. The van der Waals surface area contributed by atoms with Crippen molar-refractivity contribution >= 4 is 25.3 Å². The molecule has 0 saturated carbocycles. The van der Waals surface area contributed by atoms with Crippen molar-refractivity contribution in [3.63, 3.8) is 0 Å². The number of aliphatic hydroxyl groups is 1. The lowest BCUT2D eigenvalue weighted by Gasteiger charge is -2.37. The van der Waals surface area contributed by atoms with Crippen molar-refractivity contribution in [3.05, 3.63) is 42.2 Å². The van der Waals surface area contributed by atoms with Crippen LogP contribution in [0.1, 0.15) is 39.0 Å². The zero-order valence-corrected chi connectivity index (χ0v) is 20.9. The van der Waals surface area contributed by atoms with Gasteiger partial charge in [-0.2, -0.15) is 4.98 Å². The van der Waals surface area contributed by atoms with E-state index in [2.05, 4.69) is 48.8 Å². The average Bonchev–Trinajstić information content (AvgIpc) is 3.31. The lowest BCUT2D eigenvalue weighted by molar-refractivity contribution is -0.0430. The summed E-state index contributed by atoms with van der Waals surface area (Å²) in [6, 6.07) is 10.1.